The molecule has 34 heavy (non-hydrogen) atoms. The number of Topliss-reactive ketones (excluding diaryl/α,β-unsaturated/α-hetero) is 4. The Morgan fingerprint density at radius 1 is 1.06 bits per heavy atom. The van der Waals surface area contributed by atoms with Crippen LogP contribution in [-0.4, -0.2) is 38.9 Å². The molecule has 3 aliphatic carbocycles. The summed E-state index contributed by atoms with van der Waals surface area (Å²) >= 11 is 0. The van der Waals surface area contributed by atoms with Gasteiger partial charge in [-0.2, -0.15) is 0 Å². The Labute approximate surface area is 200 Å². The lowest BCUT2D eigenvalue weighted by Gasteiger charge is -2.65. The molecule has 0 spiro atoms. The van der Waals surface area contributed by atoms with Gasteiger partial charge < -0.3 is 10.2 Å². The Bertz CT molecular complexity index is 1200. The minimum absolute atomic E-state index is 0.0673. The second-order valence-electron chi connectivity index (χ2n) is 11.9. The smallest absolute Gasteiger partial charge is 0.206 e. The summed E-state index contributed by atoms with van der Waals surface area (Å²) in [5.41, 5.74) is -4.24. The minimum atomic E-state index is -2.51. The molecule has 6 heteroatoms. The summed E-state index contributed by atoms with van der Waals surface area (Å²) in [6, 6.07) is 4.89. The van der Waals surface area contributed by atoms with E-state index in [9.17, 15) is 29.4 Å². The summed E-state index contributed by atoms with van der Waals surface area (Å²) in [5, 5.41) is 22.7. The third-order valence-corrected chi connectivity index (χ3v) is 9.59. The fourth-order valence-electron chi connectivity index (χ4n) is 7.91. The van der Waals surface area contributed by atoms with Crippen LogP contribution in [0, 0.1) is 28.6 Å². The van der Waals surface area contributed by atoms with Gasteiger partial charge in [0.1, 0.15) is 5.75 Å². The van der Waals surface area contributed by atoms with Gasteiger partial charge in [0.2, 0.25) is 5.78 Å². The van der Waals surface area contributed by atoms with E-state index in [4.69, 9.17) is 0 Å². The summed E-state index contributed by atoms with van der Waals surface area (Å²) in [7, 11) is 0. The van der Waals surface area contributed by atoms with Crippen LogP contribution in [0.5, 0.6) is 5.75 Å². The molecule has 0 bridgehead atoms. The molecule has 6 nitrogen and oxygen atoms in total. The second kappa shape index (κ2) is 6.97. The average Bonchev–Trinajstić information content (AvgIpc) is 2.69. The maximum atomic E-state index is 14.3. The van der Waals surface area contributed by atoms with Crippen LogP contribution in [-0.2, 0) is 19.8 Å². The maximum Gasteiger partial charge on any atom is 0.206 e. The molecule has 2 N–H and O–H groups in total. The zero-order valence-corrected chi connectivity index (χ0v) is 21.2. The number of hydrogen-bond acceptors (Lipinski definition) is 6. The molecular weight excluding hydrogens is 432 g/mol. The number of aromatic hydroxyl groups is 1. The molecule has 1 aromatic rings. The molecule has 0 aliphatic heterocycles. The lowest BCUT2D eigenvalue weighted by atomic mass is 9.36. The highest BCUT2D eigenvalue weighted by atomic mass is 16.3. The standard InChI is InChI=1S/C28H34O6/c1-13(2)20-14(3)18(15(4)29)23(32)28(34)24(33)21-22(31)19-16(10-9-11-17(19)30)25(5,6)26(21,7)12-27(20,28)8/h9-11,13,20-21,30,34H,12H2,1-8H3/t20-,21?,26+,27+,28-/m1/s1. The summed E-state index contributed by atoms with van der Waals surface area (Å²) in [6.45, 7) is 14.5. The van der Waals surface area contributed by atoms with Crippen LogP contribution in [0.25, 0.3) is 0 Å². The Balaban J connectivity index is 2.09. The maximum absolute atomic E-state index is 14.3. The molecule has 0 radical (unpaired) electrons. The Hall–Kier alpha value is -2.60. The van der Waals surface area contributed by atoms with Crippen LogP contribution >= 0.6 is 0 Å². The summed E-state index contributed by atoms with van der Waals surface area (Å²) in [5.74, 6) is -4.90. The van der Waals surface area contributed by atoms with Crippen molar-refractivity contribution in [2.24, 2.45) is 28.6 Å². The molecule has 0 saturated heterocycles. The Morgan fingerprint density at radius 3 is 2.18 bits per heavy atom. The zero-order valence-electron chi connectivity index (χ0n) is 21.2. The van der Waals surface area contributed by atoms with Crippen molar-refractivity contribution in [3.63, 3.8) is 0 Å². The van der Waals surface area contributed by atoms with E-state index in [0.29, 0.717) is 11.1 Å². The van der Waals surface area contributed by atoms with Crippen LogP contribution < -0.4 is 0 Å². The third kappa shape index (κ3) is 2.50. The summed E-state index contributed by atoms with van der Waals surface area (Å²) < 4.78 is 0. The lowest BCUT2D eigenvalue weighted by Crippen LogP contribution is -2.75. The molecule has 5 atom stereocenters. The molecule has 0 amide bonds. The van der Waals surface area contributed by atoms with Gasteiger partial charge in [0, 0.05) is 5.41 Å². The SMILES string of the molecule is CC(=O)C1=C(C)[C@@H](C(C)C)[C@]2(C)C[C@@]3(C)C(C(=O)c4c(O)cccc4C3(C)C)C(=O)[C@]2(O)C1=O. The van der Waals surface area contributed by atoms with E-state index in [1.807, 2.05) is 34.6 Å². The highest BCUT2D eigenvalue weighted by molar-refractivity contribution is 6.33. The van der Waals surface area contributed by atoms with Gasteiger partial charge in [-0.3, -0.25) is 19.2 Å². The summed E-state index contributed by atoms with van der Waals surface area (Å²) in [4.78, 5) is 54.4. The van der Waals surface area contributed by atoms with Crippen molar-refractivity contribution in [2.45, 2.75) is 72.8 Å². The molecule has 0 aromatic heterocycles. The molecular formula is C28H34O6. The molecule has 182 valence electrons. The first-order chi connectivity index (χ1) is 15.5. The first-order valence-electron chi connectivity index (χ1n) is 11.9. The quantitative estimate of drug-likeness (QED) is 0.504. The molecule has 4 rings (SSSR count). The van der Waals surface area contributed by atoms with Crippen LogP contribution in [0.4, 0.5) is 0 Å². The highest BCUT2D eigenvalue weighted by Gasteiger charge is 2.76. The number of carbonyl (C=O) groups is 4. The largest absolute Gasteiger partial charge is 0.507 e. The topological polar surface area (TPSA) is 109 Å². The average molecular weight is 467 g/mol. The van der Waals surface area contributed by atoms with Gasteiger partial charge in [-0.05, 0) is 54.6 Å². The zero-order chi connectivity index (χ0) is 25.8. The van der Waals surface area contributed by atoms with Crippen molar-refractivity contribution >= 4 is 23.1 Å². The van der Waals surface area contributed by atoms with Crippen molar-refractivity contribution in [1.82, 2.24) is 0 Å². The van der Waals surface area contributed by atoms with Gasteiger partial charge in [-0.25, -0.2) is 0 Å². The normalized spacial score (nSPS) is 36.8. The van der Waals surface area contributed by atoms with Gasteiger partial charge in [0.05, 0.1) is 17.1 Å². The van der Waals surface area contributed by atoms with Crippen molar-refractivity contribution < 1.29 is 29.4 Å². The van der Waals surface area contributed by atoms with Gasteiger partial charge in [-0.1, -0.05) is 59.2 Å². The number of phenolic OH excluding ortho intramolecular Hbond substituents is 1. The number of allylic oxidation sites excluding steroid dienone is 1. The highest BCUT2D eigenvalue weighted by Crippen LogP contribution is 2.68. The van der Waals surface area contributed by atoms with E-state index in [0.717, 1.165) is 0 Å². The van der Waals surface area contributed by atoms with Crippen LogP contribution in [0.15, 0.2) is 29.3 Å². The molecule has 1 unspecified atom stereocenters. The van der Waals surface area contributed by atoms with Crippen molar-refractivity contribution in [1.29, 1.82) is 0 Å². The van der Waals surface area contributed by atoms with Crippen LogP contribution in [0.2, 0.25) is 0 Å². The third-order valence-electron chi connectivity index (χ3n) is 9.59. The van der Waals surface area contributed by atoms with E-state index < -0.39 is 56.8 Å². The van der Waals surface area contributed by atoms with Crippen LogP contribution in [0.1, 0.15) is 77.7 Å². The predicted octanol–water partition coefficient (Wildman–Crippen LogP) is 3.96. The number of aliphatic hydroxyl groups is 1. The number of fused-ring (bicyclic) bond motifs is 3. The first kappa shape index (κ1) is 24.5. The Morgan fingerprint density at radius 2 is 1.65 bits per heavy atom. The number of carbonyl (C=O) groups excluding carboxylic acids is 4. The minimum Gasteiger partial charge on any atom is -0.507 e. The Kier molecular flexibility index (Phi) is 5.03. The molecule has 3 aliphatic rings. The number of rotatable bonds is 2. The fraction of sp³-hybridized carbons (Fsp3) is 0.571. The number of phenols is 1. The first-order valence-corrected chi connectivity index (χ1v) is 11.9. The second-order valence-corrected chi connectivity index (χ2v) is 11.9. The summed E-state index contributed by atoms with van der Waals surface area (Å²) in [6.07, 6.45) is 0.220. The monoisotopic (exact) mass is 466 g/mol. The van der Waals surface area contributed by atoms with Gasteiger partial charge in [-0.15, -0.1) is 0 Å². The number of ketones is 4. The van der Waals surface area contributed by atoms with Gasteiger partial charge in [0.15, 0.2) is 23.0 Å². The van der Waals surface area contributed by atoms with E-state index >= 15 is 0 Å². The van der Waals surface area contributed by atoms with E-state index in [1.165, 1.54) is 13.0 Å². The van der Waals surface area contributed by atoms with E-state index in [2.05, 4.69) is 0 Å². The number of benzene rings is 1. The fourth-order valence-corrected chi connectivity index (χ4v) is 7.91. The van der Waals surface area contributed by atoms with Crippen molar-refractivity contribution in [3.8, 4) is 5.75 Å². The van der Waals surface area contributed by atoms with Gasteiger partial charge in [0.25, 0.3) is 0 Å². The van der Waals surface area contributed by atoms with E-state index in [-0.39, 0.29) is 29.2 Å². The lowest BCUT2D eigenvalue weighted by molar-refractivity contribution is -0.198. The number of hydrogen-bond donors (Lipinski definition) is 2. The van der Waals surface area contributed by atoms with Crippen molar-refractivity contribution in [3.05, 3.63) is 40.5 Å². The van der Waals surface area contributed by atoms with Crippen molar-refractivity contribution in [2.75, 3.05) is 0 Å². The molecule has 1 fully saturated rings. The molecule has 0 heterocycles. The molecule has 1 aromatic carbocycles. The van der Waals surface area contributed by atoms with E-state index in [1.54, 1.807) is 26.0 Å². The molecule has 1 saturated carbocycles. The van der Waals surface area contributed by atoms with Crippen LogP contribution in [0.3, 0.4) is 0 Å². The predicted molar refractivity (Wildman–Crippen MR) is 126 cm³/mol. The van der Waals surface area contributed by atoms with Gasteiger partial charge >= 0.3 is 0 Å².